The van der Waals surface area contributed by atoms with Crippen molar-refractivity contribution >= 4 is 22.8 Å². The minimum Gasteiger partial charge on any atom is -0.491 e. The lowest BCUT2D eigenvalue weighted by atomic mass is 10.0. The molecule has 35 heavy (non-hydrogen) atoms. The van der Waals surface area contributed by atoms with Crippen molar-refractivity contribution in [2.45, 2.75) is 38.1 Å². The van der Waals surface area contributed by atoms with E-state index in [4.69, 9.17) is 10.5 Å². The third kappa shape index (κ3) is 5.62. The number of carbonyl (C=O) groups is 1. The highest BCUT2D eigenvalue weighted by molar-refractivity contribution is 6.07. The molecule has 0 saturated carbocycles. The lowest BCUT2D eigenvalue weighted by Gasteiger charge is -2.27. The Balaban J connectivity index is 1.78. The first-order chi connectivity index (χ1) is 16.6. The largest absolute Gasteiger partial charge is 0.491 e. The van der Waals surface area contributed by atoms with Crippen molar-refractivity contribution in [2.24, 2.45) is 5.73 Å². The van der Waals surface area contributed by atoms with Gasteiger partial charge in [-0.05, 0) is 38.1 Å². The molecule has 11 heteroatoms. The smallest absolute Gasteiger partial charge is 0.251 e. The van der Waals surface area contributed by atoms with Crippen LogP contribution in [-0.4, -0.2) is 63.5 Å². The highest BCUT2D eigenvalue weighted by atomic mass is 19.1. The molecule has 1 aliphatic heterocycles. The number of piperidine rings is 1. The quantitative estimate of drug-likeness (QED) is 0.397. The molecule has 1 aromatic carbocycles. The standard InChI is InChI=1S/C24H26FN7O3/c1-24(2,34)11-35-16-3-4-17(13(5-16)8-26)19-7-18(22(27)33)20-21(32-19)23(30-12-29-20)31-15-6-14(25)9-28-10-15/h3-5,7,12,14-15,28,34H,6,9-11H2,1-2H3,(H2,27,33)(H,29,30,31)/t14-,15-/m0/s1. The lowest BCUT2D eigenvalue weighted by Crippen LogP contribution is -2.44. The second kappa shape index (κ2) is 9.77. The summed E-state index contributed by atoms with van der Waals surface area (Å²) in [7, 11) is 0. The van der Waals surface area contributed by atoms with Crippen molar-refractivity contribution in [2.75, 3.05) is 25.0 Å². The number of rotatable bonds is 7. The van der Waals surface area contributed by atoms with Gasteiger partial charge in [-0.3, -0.25) is 4.79 Å². The number of primary amides is 1. The lowest BCUT2D eigenvalue weighted by molar-refractivity contribution is 0.0285. The summed E-state index contributed by atoms with van der Waals surface area (Å²) in [6, 6.07) is 8.19. The number of nitrogens with zero attached hydrogens (tertiary/aromatic N) is 4. The van der Waals surface area contributed by atoms with Crippen LogP contribution < -0.4 is 21.1 Å². The van der Waals surface area contributed by atoms with E-state index in [9.17, 15) is 19.6 Å². The van der Waals surface area contributed by atoms with Crippen molar-refractivity contribution in [3.8, 4) is 23.1 Å². The SMILES string of the molecule is CC(C)(O)COc1ccc(-c2cc(C(N)=O)c3ncnc(N[C@@H]4CNC[C@@H](F)C4)c3n2)c(C#N)c1. The first-order valence-corrected chi connectivity index (χ1v) is 11.1. The van der Waals surface area contributed by atoms with Gasteiger partial charge < -0.3 is 26.2 Å². The van der Waals surface area contributed by atoms with E-state index in [1.165, 1.54) is 18.5 Å². The zero-order valence-corrected chi connectivity index (χ0v) is 19.4. The zero-order valence-electron chi connectivity index (χ0n) is 19.4. The molecule has 5 N–H and O–H groups in total. The Morgan fingerprint density at radius 3 is 2.83 bits per heavy atom. The number of benzene rings is 1. The molecule has 1 fully saturated rings. The van der Waals surface area contributed by atoms with E-state index < -0.39 is 17.7 Å². The number of ether oxygens (including phenoxy) is 1. The number of pyridine rings is 1. The fourth-order valence-electron chi connectivity index (χ4n) is 3.85. The van der Waals surface area contributed by atoms with Crippen molar-refractivity contribution in [1.82, 2.24) is 20.3 Å². The third-order valence-electron chi connectivity index (χ3n) is 5.47. The molecule has 3 heterocycles. The summed E-state index contributed by atoms with van der Waals surface area (Å²) in [5, 5.41) is 25.9. The molecular weight excluding hydrogens is 453 g/mol. The van der Waals surface area contributed by atoms with Gasteiger partial charge in [0.2, 0.25) is 0 Å². The fraction of sp³-hybridized carbons (Fsp3) is 0.375. The predicted molar refractivity (Wildman–Crippen MR) is 128 cm³/mol. The van der Waals surface area contributed by atoms with E-state index in [2.05, 4.69) is 31.7 Å². The molecule has 1 aliphatic rings. The number of aromatic nitrogens is 3. The van der Waals surface area contributed by atoms with Crippen LogP contribution in [0.15, 0.2) is 30.6 Å². The summed E-state index contributed by atoms with van der Waals surface area (Å²) in [6.45, 7) is 4.10. The number of nitrogens with one attached hydrogen (secondary N) is 2. The monoisotopic (exact) mass is 479 g/mol. The number of alkyl halides is 1. The maximum absolute atomic E-state index is 13.9. The number of hydrogen-bond acceptors (Lipinski definition) is 9. The molecular formula is C24H26FN7O3. The molecule has 0 radical (unpaired) electrons. The molecule has 1 amide bonds. The first-order valence-electron chi connectivity index (χ1n) is 11.1. The Morgan fingerprint density at radius 1 is 1.34 bits per heavy atom. The van der Waals surface area contributed by atoms with Crippen LogP contribution in [0.3, 0.4) is 0 Å². The van der Waals surface area contributed by atoms with Crippen molar-refractivity contribution in [1.29, 1.82) is 5.26 Å². The van der Waals surface area contributed by atoms with Gasteiger partial charge in [0.15, 0.2) is 5.82 Å². The number of hydrogen-bond donors (Lipinski definition) is 4. The molecule has 2 atom stereocenters. The molecule has 2 aromatic heterocycles. The van der Waals surface area contributed by atoms with Gasteiger partial charge in [0.05, 0.1) is 28.5 Å². The van der Waals surface area contributed by atoms with Gasteiger partial charge >= 0.3 is 0 Å². The van der Waals surface area contributed by atoms with Crippen molar-refractivity contribution in [3.63, 3.8) is 0 Å². The minimum absolute atomic E-state index is 0.0411. The molecule has 0 unspecified atom stereocenters. The normalized spacial score (nSPS) is 18.1. The van der Waals surface area contributed by atoms with Crippen LogP contribution in [0.25, 0.3) is 22.3 Å². The van der Waals surface area contributed by atoms with E-state index >= 15 is 0 Å². The maximum Gasteiger partial charge on any atom is 0.251 e. The van der Waals surface area contributed by atoms with E-state index in [1.54, 1.807) is 26.0 Å². The van der Waals surface area contributed by atoms with Crippen LogP contribution in [0, 0.1) is 11.3 Å². The third-order valence-corrected chi connectivity index (χ3v) is 5.47. The van der Waals surface area contributed by atoms with E-state index in [0.29, 0.717) is 42.3 Å². The first kappa shape index (κ1) is 24.3. The summed E-state index contributed by atoms with van der Waals surface area (Å²) in [5.41, 5.74) is 6.27. The highest BCUT2D eigenvalue weighted by Crippen LogP contribution is 2.31. The Morgan fingerprint density at radius 2 is 2.14 bits per heavy atom. The van der Waals surface area contributed by atoms with Crippen molar-refractivity contribution in [3.05, 3.63) is 41.7 Å². The zero-order chi connectivity index (χ0) is 25.2. The van der Waals surface area contributed by atoms with Crippen LogP contribution in [-0.2, 0) is 0 Å². The number of anilines is 1. The van der Waals surface area contributed by atoms with Crippen LogP contribution >= 0.6 is 0 Å². The number of fused-ring (bicyclic) bond motifs is 1. The molecule has 0 aliphatic carbocycles. The van der Waals surface area contributed by atoms with Crippen LogP contribution in [0.1, 0.15) is 36.2 Å². The van der Waals surface area contributed by atoms with Gasteiger partial charge in [0, 0.05) is 31.1 Å². The molecule has 1 saturated heterocycles. The molecule has 4 rings (SSSR count). The van der Waals surface area contributed by atoms with Gasteiger partial charge in [-0.2, -0.15) is 5.26 Å². The second-order valence-electron chi connectivity index (χ2n) is 9.09. The Hall–Kier alpha value is -3.88. The average molecular weight is 480 g/mol. The topological polar surface area (TPSA) is 159 Å². The number of nitrogens with two attached hydrogens (primary N) is 1. The Kier molecular flexibility index (Phi) is 6.77. The Labute approximate surface area is 201 Å². The fourth-order valence-corrected chi connectivity index (χ4v) is 3.85. The van der Waals surface area contributed by atoms with Crippen LogP contribution in [0.2, 0.25) is 0 Å². The maximum atomic E-state index is 13.9. The van der Waals surface area contributed by atoms with E-state index in [1.807, 2.05) is 0 Å². The number of halogens is 1. The number of carbonyl (C=O) groups excluding carboxylic acids is 1. The highest BCUT2D eigenvalue weighted by Gasteiger charge is 2.24. The van der Waals surface area contributed by atoms with Gasteiger partial charge in [-0.15, -0.1) is 0 Å². The number of nitriles is 1. The van der Waals surface area contributed by atoms with Crippen LogP contribution in [0.4, 0.5) is 10.2 Å². The molecule has 0 spiro atoms. The van der Waals surface area contributed by atoms with Gasteiger partial charge in [-0.1, -0.05) is 0 Å². The molecule has 182 valence electrons. The van der Waals surface area contributed by atoms with E-state index in [0.717, 1.165) is 0 Å². The number of amides is 1. The summed E-state index contributed by atoms with van der Waals surface area (Å²) in [6.07, 6.45) is 0.595. The molecule has 10 nitrogen and oxygen atoms in total. The molecule has 3 aromatic rings. The second-order valence-corrected chi connectivity index (χ2v) is 9.09. The summed E-state index contributed by atoms with van der Waals surface area (Å²) in [5.74, 6) is 0.0265. The minimum atomic E-state index is -1.04. The predicted octanol–water partition coefficient (Wildman–Crippen LogP) is 1.92. The van der Waals surface area contributed by atoms with Crippen LogP contribution in [0.5, 0.6) is 5.75 Å². The average Bonchev–Trinajstić information content (AvgIpc) is 2.81. The van der Waals surface area contributed by atoms with E-state index in [-0.39, 0.29) is 34.8 Å². The summed E-state index contributed by atoms with van der Waals surface area (Å²) >= 11 is 0. The summed E-state index contributed by atoms with van der Waals surface area (Å²) in [4.78, 5) is 25.4. The van der Waals surface area contributed by atoms with Crippen molar-refractivity contribution < 1.29 is 19.0 Å². The van der Waals surface area contributed by atoms with Gasteiger partial charge in [0.1, 0.15) is 35.9 Å². The Bertz CT molecular complexity index is 1300. The number of aliphatic hydroxyl groups is 1. The summed E-state index contributed by atoms with van der Waals surface area (Å²) < 4.78 is 19.5. The van der Waals surface area contributed by atoms with Gasteiger partial charge in [0.25, 0.3) is 5.91 Å². The molecule has 0 bridgehead atoms. The van der Waals surface area contributed by atoms with Gasteiger partial charge in [-0.25, -0.2) is 19.3 Å².